The number of anilines is 2. The van der Waals surface area contributed by atoms with Crippen molar-refractivity contribution in [2.75, 3.05) is 16.8 Å². The molecule has 0 heterocycles. The zero-order chi connectivity index (χ0) is 10.6. The van der Waals surface area contributed by atoms with Gasteiger partial charge in [-0.15, -0.1) is 0 Å². The smallest absolute Gasteiger partial charge is 0.0578 e. The average Bonchev–Trinajstić information content (AvgIpc) is 2.14. The molecule has 1 aromatic rings. The monoisotopic (exact) mass is 252 g/mol. The Hall–Kier alpha value is -1.14. The molecule has 14 heavy (non-hydrogen) atoms. The summed E-state index contributed by atoms with van der Waals surface area (Å²) in [6.45, 7) is 1.93. The standard InChI is InChI=1S/C11H13BrN2/c1-8-6-9(4-2-3-5-12)7-10(13)11(8)14/h6-7H,3,5,13-14H2,1H3. The number of aryl methyl sites for hydroxylation is 1. The van der Waals surface area contributed by atoms with E-state index in [0.717, 1.165) is 22.9 Å². The second-order valence-corrected chi connectivity index (χ2v) is 3.83. The molecule has 0 aliphatic carbocycles. The van der Waals surface area contributed by atoms with Crippen molar-refractivity contribution in [1.29, 1.82) is 0 Å². The van der Waals surface area contributed by atoms with Crippen molar-refractivity contribution in [1.82, 2.24) is 0 Å². The minimum atomic E-state index is 0.605. The highest BCUT2D eigenvalue weighted by Gasteiger charge is 1.99. The topological polar surface area (TPSA) is 52.0 Å². The average molecular weight is 253 g/mol. The molecule has 4 N–H and O–H groups in total. The lowest BCUT2D eigenvalue weighted by molar-refractivity contribution is 1.32. The van der Waals surface area contributed by atoms with E-state index in [1.165, 1.54) is 0 Å². The first-order valence-corrected chi connectivity index (χ1v) is 5.47. The molecular formula is C11H13BrN2. The summed E-state index contributed by atoms with van der Waals surface area (Å²) >= 11 is 3.32. The molecule has 0 aliphatic heterocycles. The van der Waals surface area contributed by atoms with Gasteiger partial charge in [-0.1, -0.05) is 27.8 Å². The zero-order valence-corrected chi connectivity index (χ0v) is 9.69. The Balaban J connectivity index is 2.97. The van der Waals surface area contributed by atoms with Crippen LogP contribution in [0.5, 0.6) is 0 Å². The van der Waals surface area contributed by atoms with Crippen LogP contribution in [0.1, 0.15) is 17.5 Å². The summed E-state index contributed by atoms with van der Waals surface area (Å²) < 4.78 is 0. The van der Waals surface area contributed by atoms with Gasteiger partial charge in [-0.3, -0.25) is 0 Å². The molecule has 1 rings (SSSR count). The normalized spacial score (nSPS) is 9.29. The molecule has 0 atom stereocenters. The molecule has 2 nitrogen and oxygen atoms in total. The van der Waals surface area contributed by atoms with E-state index >= 15 is 0 Å². The molecule has 3 heteroatoms. The highest BCUT2D eigenvalue weighted by atomic mass is 79.9. The fourth-order valence-corrected chi connectivity index (χ4v) is 1.31. The Morgan fingerprint density at radius 3 is 2.64 bits per heavy atom. The van der Waals surface area contributed by atoms with E-state index in [2.05, 4.69) is 27.8 Å². The molecule has 0 aliphatic rings. The molecule has 0 spiro atoms. The van der Waals surface area contributed by atoms with Crippen LogP contribution in [0.15, 0.2) is 12.1 Å². The fraction of sp³-hybridized carbons (Fsp3) is 0.273. The van der Waals surface area contributed by atoms with E-state index in [1.807, 2.05) is 19.1 Å². The largest absolute Gasteiger partial charge is 0.397 e. The lowest BCUT2D eigenvalue weighted by Gasteiger charge is -2.04. The molecule has 0 amide bonds. The van der Waals surface area contributed by atoms with Crippen LogP contribution in [0.3, 0.4) is 0 Å². The Morgan fingerprint density at radius 1 is 1.36 bits per heavy atom. The number of hydrogen-bond donors (Lipinski definition) is 2. The van der Waals surface area contributed by atoms with E-state index in [0.29, 0.717) is 11.4 Å². The molecule has 0 fully saturated rings. The van der Waals surface area contributed by atoms with Crippen molar-refractivity contribution in [2.45, 2.75) is 13.3 Å². The quantitative estimate of drug-likeness (QED) is 0.458. The molecule has 0 unspecified atom stereocenters. The van der Waals surface area contributed by atoms with Crippen molar-refractivity contribution in [3.8, 4) is 11.8 Å². The van der Waals surface area contributed by atoms with Gasteiger partial charge in [0, 0.05) is 17.3 Å². The van der Waals surface area contributed by atoms with Crippen molar-refractivity contribution in [2.24, 2.45) is 0 Å². The third kappa shape index (κ3) is 2.68. The number of halogens is 1. The summed E-state index contributed by atoms with van der Waals surface area (Å²) in [5.41, 5.74) is 14.6. The Kier molecular flexibility index (Phi) is 3.84. The van der Waals surface area contributed by atoms with E-state index < -0.39 is 0 Å². The van der Waals surface area contributed by atoms with Gasteiger partial charge in [0.05, 0.1) is 11.4 Å². The second-order valence-electron chi connectivity index (χ2n) is 3.04. The van der Waals surface area contributed by atoms with Crippen LogP contribution in [-0.2, 0) is 0 Å². The predicted molar refractivity (Wildman–Crippen MR) is 65.3 cm³/mol. The van der Waals surface area contributed by atoms with Gasteiger partial charge in [-0.25, -0.2) is 0 Å². The van der Waals surface area contributed by atoms with Crippen LogP contribution in [0, 0.1) is 18.8 Å². The second kappa shape index (κ2) is 4.92. The summed E-state index contributed by atoms with van der Waals surface area (Å²) in [6.07, 6.45) is 0.837. The van der Waals surface area contributed by atoms with E-state index in [9.17, 15) is 0 Å². The number of hydrogen-bond acceptors (Lipinski definition) is 2. The molecule has 0 aromatic heterocycles. The molecule has 1 aromatic carbocycles. The van der Waals surface area contributed by atoms with E-state index in [4.69, 9.17) is 11.5 Å². The van der Waals surface area contributed by atoms with Crippen molar-refractivity contribution in [3.63, 3.8) is 0 Å². The number of benzene rings is 1. The maximum absolute atomic E-state index is 5.72. The van der Waals surface area contributed by atoms with Crippen LogP contribution in [0.25, 0.3) is 0 Å². The van der Waals surface area contributed by atoms with Gasteiger partial charge in [-0.05, 0) is 24.6 Å². The van der Waals surface area contributed by atoms with Gasteiger partial charge < -0.3 is 11.5 Å². The summed E-state index contributed by atoms with van der Waals surface area (Å²) in [6, 6.07) is 3.76. The third-order valence-electron chi connectivity index (χ3n) is 1.87. The van der Waals surface area contributed by atoms with Crippen LogP contribution < -0.4 is 11.5 Å². The summed E-state index contributed by atoms with van der Waals surface area (Å²) in [5, 5.41) is 0.892. The first kappa shape index (κ1) is 10.9. The lowest BCUT2D eigenvalue weighted by Crippen LogP contribution is -1.97. The van der Waals surface area contributed by atoms with Gasteiger partial charge >= 0.3 is 0 Å². The SMILES string of the molecule is Cc1cc(C#CCCBr)cc(N)c1N. The Labute approximate surface area is 92.8 Å². The third-order valence-corrected chi connectivity index (χ3v) is 2.27. The summed E-state index contributed by atoms with van der Waals surface area (Å²) in [5.74, 6) is 6.07. The maximum atomic E-state index is 5.72. The van der Waals surface area contributed by atoms with Crippen LogP contribution >= 0.6 is 15.9 Å². The van der Waals surface area contributed by atoms with E-state index in [-0.39, 0.29) is 0 Å². The van der Waals surface area contributed by atoms with Gasteiger partial charge in [0.1, 0.15) is 0 Å². The first-order valence-electron chi connectivity index (χ1n) is 4.35. The van der Waals surface area contributed by atoms with Crippen molar-refractivity contribution < 1.29 is 0 Å². The number of nitrogens with two attached hydrogens (primary N) is 2. The van der Waals surface area contributed by atoms with Crippen molar-refractivity contribution in [3.05, 3.63) is 23.3 Å². The van der Waals surface area contributed by atoms with Crippen LogP contribution in [-0.4, -0.2) is 5.33 Å². The van der Waals surface area contributed by atoms with Crippen LogP contribution in [0.4, 0.5) is 11.4 Å². The Bertz CT molecular complexity index is 365. The van der Waals surface area contributed by atoms with Gasteiger partial charge in [-0.2, -0.15) is 0 Å². The van der Waals surface area contributed by atoms with Gasteiger partial charge in [0.15, 0.2) is 0 Å². The molecule has 74 valence electrons. The molecule has 0 bridgehead atoms. The summed E-state index contributed by atoms with van der Waals surface area (Å²) in [7, 11) is 0. The lowest BCUT2D eigenvalue weighted by atomic mass is 10.1. The zero-order valence-electron chi connectivity index (χ0n) is 8.10. The van der Waals surface area contributed by atoms with Crippen molar-refractivity contribution >= 4 is 27.3 Å². The van der Waals surface area contributed by atoms with Crippen LogP contribution in [0.2, 0.25) is 0 Å². The maximum Gasteiger partial charge on any atom is 0.0578 e. The fourth-order valence-electron chi connectivity index (χ4n) is 1.11. The van der Waals surface area contributed by atoms with Gasteiger partial charge in [0.2, 0.25) is 0 Å². The highest BCUT2D eigenvalue weighted by molar-refractivity contribution is 9.09. The molecule has 0 radical (unpaired) electrons. The minimum Gasteiger partial charge on any atom is -0.397 e. The number of alkyl halides is 1. The molecule has 0 saturated carbocycles. The predicted octanol–water partition coefficient (Wildman–Crippen LogP) is 2.30. The van der Waals surface area contributed by atoms with E-state index in [1.54, 1.807) is 0 Å². The molecule has 0 saturated heterocycles. The first-order chi connectivity index (χ1) is 6.65. The molecular weight excluding hydrogens is 240 g/mol. The van der Waals surface area contributed by atoms with Gasteiger partial charge in [0.25, 0.3) is 0 Å². The summed E-state index contributed by atoms with van der Waals surface area (Å²) in [4.78, 5) is 0. The number of nitrogen functional groups attached to an aromatic ring is 2. The minimum absolute atomic E-state index is 0.605. The Morgan fingerprint density at radius 2 is 2.07 bits per heavy atom. The number of rotatable bonds is 1. The highest BCUT2D eigenvalue weighted by Crippen LogP contribution is 2.20.